The van der Waals surface area contributed by atoms with Crippen molar-refractivity contribution in [2.24, 2.45) is 11.7 Å². The Hall–Kier alpha value is -1.55. The second-order valence-electron chi connectivity index (χ2n) is 5.41. The van der Waals surface area contributed by atoms with E-state index in [1.54, 1.807) is 7.11 Å². The summed E-state index contributed by atoms with van der Waals surface area (Å²) in [6.07, 6.45) is 1.21. The molecular formula is C16H26N2O2. The van der Waals surface area contributed by atoms with Crippen molar-refractivity contribution in [2.45, 2.75) is 45.7 Å². The van der Waals surface area contributed by atoms with Gasteiger partial charge >= 0.3 is 0 Å². The van der Waals surface area contributed by atoms with Crippen molar-refractivity contribution in [1.82, 2.24) is 5.32 Å². The van der Waals surface area contributed by atoms with Crippen molar-refractivity contribution in [3.63, 3.8) is 0 Å². The van der Waals surface area contributed by atoms with Crippen LogP contribution in [0.15, 0.2) is 24.3 Å². The molecule has 0 aliphatic rings. The Morgan fingerprint density at radius 3 is 2.35 bits per heavy atom. The predicted molar refractivity (Wildman–Crippen MR) is 81.6 cm³/mol. The van der Waals surface area contributed by atoms with Crippen LogP contribution in [0.5, 0.6) is 5.75 Å². The molecule has 112 valence electrons. The Kier molecular flexibility index (Phi) is 6.52. The summed E-state index contributed by atoms with van der Waals surface area (Å²) < 4.78 is 5.14. The van der Waals surface area contributed by atoms with Gasteiger partial charge in [-0.05, 0) is 30.0 Å². The molecule has 1 aromatic rings. The summed E-state index contributed by atoms with van der Waals surface area (Å²) in [5.41, 5.74) is 7.02. The Balaban J connectivity index is 2.64. The van der Waals surface area contributed by atoms with Gasteiger partial charge in [0, 0.05) is 12.5 Å². The molecule has 1 rings (SSSR count). The van der Waals surface area contributed by atoms with Crippen molar-refractivity contribution in [1.29, 1.82) is 0 Å². The van der Waals surface area contributed by atoms with Crippen LogP contribution >= 0.6 is 0 Å². The zero-order valence-corrected chi connectivity index (χ0v) is 12.8. The summed E-state index contributed by atoms with van der Waals surface area (Å²) >= 11 is 0. The predicted octanol–water partition coefficient (Wildman–Crippen LogP) is 2.64. The molecule has 0 heterocycles. The molecule has 4 nitrogen and oxygen atoms in total. The van der Waals surface area contributed by atoms with Gasteiger partial charge in [0.2, 0.25) is 5.91 Å². The molecule has 0 saturated carbocycles. The summed E-state index contributed by atoms with van der Waals surface area (Å²) in [5.74, 6) is 1.13. The zero-order chi connectivity index (χ0) is 15.1. The molecule has 0 fully saturated rings. The van der Waals surface area contributed by atoms with E-state index in [-0.39, 0.29) is 18.0 Å². The molecule has 0 spiro atoms. The fourth-order valence-electron chi connectivity index (χ4n) is 1.96. The van der Waals surface area contributed by atoms with E-state index in [1.807, 2.05) is 38.1 Å². The average molecular weight is 278 g/mol. The molecular weight excluding hydrogens is 252 g/mol. The number of hydrogen-bond donors (Lipinski definition) is 2. The first-order valence-corrected chi connectivity index (χ1v) is 7.16. The minimum absolute atomic E-state index is 0.00821. The first-order valence-electron chi connectivity index (χ1n) is 7.16. The largest absolute Gasteiger partial charge is 0.497 e. The van der Waals surface area contributed by atoms with Crippen molar-refractivity contribution in [2.75, 3.05) is 7.11 Å². The molecule has 1 aromatic carbocycles. The maximum absolute atomic E-state index is 12.0. The molecule has 0 aliphatic carbocycles. The fourth-order valence-corrected chi connectivity index (χ4v) is 1.96. The van der Waals surface area contributed by atoms with Gasteiger partial charge in [0.25, 0.3) is 0 Å². The molecule has 2 unspecified atom stereocenters. The zero-order valence-electron chi connectivity index (χ0n) is 12.8. The summed E-state index contributed by atoms with van der Waals surface area (Å²) in [7, 11) is 1.64. The van der Waals surface area contributed by atoms with Gasteiger partial charge < -0.3 is 15.8 Å². The summed E-state index contributed by atoms with van der Waals surface area (Å²) in [4.78, 5) is 12.0. The summed E-state index contributed by atoms with van der Waals surface area (Å²) in [5, 5.41) is 3.05. The van der Waals surface area contributed by atoms with Crippen LogP contribution < -0.4 is 15.8 Å². The van der Waals surface area contributed by atoms with Crippen LogP contribution in [0, 0.1) is 5.92 Å². The van der Waals surface area contributed by atoms with E-state index in [1.165, 1.54) is 0 Å². The van der Waals surface area contributed by atoms with Gasteiger partial charge in [0.1, 0.15) is 5.75 Å². The van der Waals surface area contributed by atoms with Crippen LogP contribution in [-0.4, -0.2) is 19.1 Å². The smallest absolute Gasteiger partial charge is 0.222 e. The number of nitrogens with two attached hydrogens (primary N) is 1. The second kappa shape index (κ2) is 7.90. The van der Waals surface area contributed by atoms with Gasteiger partial charge in [-0.15, -0.1) is 0 Å². The number of nitrogens with one attached hydrogen (secondary N) is 1. The Bertz CT molecular complexity index is 415. The minimum Gasteiger partial charge on any atom is -0.497 e. The van der Waals surface area contributed by atoms with Gasteiger partial charge in [-0.1, -0.05) is 32.9 Å². The lowest BCUT2D eigenvalue weighted by atomic mass is 10.0. The standard InChI is InChI=1S/C16H26N2O2/c1-5-15(12-6-8-13(20-4)9-7-12)18-16(19)10-14(17)11(2)3/h6-9,11,14-15H,5,10,17H2,1-4H3,(H,18,19). The van der Waals surface area contributed by atoms with Crippen LogP contribution in [0.3, 0.4) is 0 Å². The third kappa shape index (κ3) is 4.85. The molecule has 0 bridgehead atoms. The number of ether oxygens (including phenoxy) is 1. The van der Waals surface area contributed by atoms with Crippen LogP contribution in [0.4, 0.5) is 0 Å². The van der Waals surface area contributed by atoms with Crippen LogP contribution in [-0.2, 0) is 4.79 Å². The Labute approximate surface area is 121 Å². The molecule has 20 heavy (non-hydrogen) atoms. The molecule has 0 aromatic heterocycles. The van der Waals surface area contributed by atoms with Gasteiger partial charge in [-0.2, -0.15) is 0 Å². The number of benzene rings is 1. The summed E-state index contributed by atoms with van der Waals surface area (Å²) in [6.45, 7) is 6.11. The molecule has 3 N–H and O–H groups in total. The van der Waals surface area contributed by atoms with Gasteiger partial charge in [-0.3, -0.25) is 4.79 Å². The molecule has 0 aliphatic heterocycles. The van der Waals surface area contributed by atoms with Gasteiger partial charge in [-0.25, -0.2) is 0 Å². The van der Waals surface area contributed by atoms with Crippen molar-refractivity contribution in [3.05, 3.63) is 29.8 Å². The highest BCUT2D eigenvalue weighted by Gasteiger charge is 2.17. The van der Waals surface area contributed by atoms with Gasteiger partial charge in [0.15, 0.2) is 0 Å². The van der Waals surface area contributed by atoms with E-state index in [0.29, 0.717) is 12.3 Å². The van der Waals surface area contributed by atoms with Gasteiger partial charge in [0.05, 0.1) is 13.2 Å². The van der Waals surface area contributed by atoms with E-state index < -0.39 is 0 Å². The highest BCUT2D eigenvalue weighted by molar-refractivity contribution is 5.77. The van der Waals surface area contributed by atoms with Crippen molar-refractivity contribution >= 4 is 5.91 Å². The number of rotatable bonds is 7. The van der Waals surface area contributed by atoms with Crippen molar-refractivity contribution in [3.8, 4) is 5.75 Å². The average Bonchev–Trinajstić information content (AvgIpc) is 2.44. The maximum atomic E-state index is 12.0. The number of hydrogen-bond acceptors (Lipinski definition) is 3. The lowest BCUT2D eigenvalue weighted by Gasteiger charge is -2.20. The second-order valence-corrected chi connectivity index (χ2v) is 5.41. The molecule has 2 atom stereocenters. The molecule has 4 heteroatoms. The van der Waals surface area contributed by atoms with Crippen LogP contribution in [0.2, 0.25) is 0 Å². The highest BCUT2D eigenvalue weighted by Crippen LogP contribution is 2.20. The number of amides is 1. The first kappa shape index (κ1) is 16.5. The van der Waals surface area contributed by atoms with E-state index >= 15 is 0 Å². The monoisotopic (exact) mass is 278 g/mol. The third-order valence-corrected chi connectivity index (χ3v) is 3.54. The van der Waals surface area contributed by atoms with Crippen LogP contribution in [0.25, 0.3) is 0 Å². The minimum atomic E-state index is -0.0941. The normalized spacial score (nSPS) is 13.9. The quantitative estimate of drug-likeness (QED) is 0.806. The molecule has 0 radical (unpaired) electrons. The topological polar surface area (TPSA) is 64.4 Å². The van der Waals surface area contributed by atoms with Crippen LogP contribution in [0.1, 0.15) is 45.2 Å². The number of carbonyl (C=O) groups excluding carboxylic acids is 1. The van der Waals surface area contributed by atoms with E-state index in [0.717, 1.165) is 17.7 Å². The highest BCUT2D eigenvalue weighted by atomic mass is 16.5. The lowest BCUT2D eigenvalue weighted by Crippen LogP contribution is -2.36. The van der Waals surface area contributed by atoms with Crippen molar-refractivity contribution < 1.29 is 9.53 Å². The summed E-state index contributed by atoms with van der Waals surface area (Å²) in [6, 6.07) is 7.70. The Morgan fingerprint density at radius 2 is 1.90 bits per heavy atom. The van der Waals surface area contributed by atoms with E-state index in [9.17, 15) is 4.79 Å². The first-order chi connectivity index (χ1) is 9.47. The third-order valence-electron chi connectivity index (χ3n) is 3.54. The number of carbonyl (C=O) groups is 1. The maximum Gasteiger partial charge on any atom is 0.222 e. The molecule has 0 saturated heterocycles. The lowest BCUT2D eigenvalue weighted by molar-refractivity contribution is -0.122. The SMILES string of the molecule is CCC(NC(=O)CC(N)C(C)C)c1ccc(OC)cc1. The fraction of sp³-hybridized carbons (Fsp3) is 0.562. The Morgan fingerprint density at radius 1 is 1.30 bits per heavy atom. The van der Waals surface area contributed by atoms with E-state index in [4.69, 9.17) is 10.5 Å². The van der Waals surface area contributed by atoms with E-state index in [2.05, 4.69) is 12.2 Å². The number of methoxy groups -OCH3 is 1. The molecule has 1 amide bonds.